The van der Waals surface area contributed by atoms with Crippen molar-refractivity contribution in [2.75, 3.05) is 18.5 Å². The molecule has 0 bridgehead atoms. The lowest BCUT2D eigenvalue weighted by molar-refractivity contribution is 0.271. The third-order valence-electron chi connectivity index (χ3n) is 3.36. The van der Waals surface area contributed by atoms with Crippen LogP contribution >= 0.6 is 11.3 Å². The lowest BCUT2D eigenvalue weighted by Gasteiger charge is -2.10. The average Bonchev–Trinajstić information content (AvgIpc) is 3.00. The quantitative estimate of drug-likeness (QED) is 0.679. The Labute approximate surface area is 143 Å². The van der Waals surface area contributed by atoms with Crippen molar-refractivity contribution in [3.05, 3.63) is 35.3 Å². The molecule has 1 unspecified atom stereocenters. The highest BCUT2D eigenvalue weighted by molar-refractivity contribution is 7.13. The number of nitrogens with one attached hydrogen (secondary N) is 2. The van der Waals surface area contributed by atoms with Crippen LogP contribution in [0.15, 0.2) is 29.6 Å². The van der Waals surface area contributed by atoms with Gasteiger partial charge in [0.2, 0.25) is 0 Å². The molecule has 0 aliphatic rings. The van der Waals surface area contributed by atoms with E-state index in [2.05, 4.69) is 48.7 Å². The van der Waals surface area contributed by atoms with Crippen LogP contribution in [0.4, 0.5) is 10.8 Å². The number of anilines is 2. The Morgan fingerprint density at radius 2 is 1.91 bits per heavy atom. The van der Waals surface area contributed by atoms with Crippen LogP contribution in [0.1, 0.15) is 45.9 Å². The molecular formula is C18H27N3OS. The standard InChI is InChI=1S/C18H27N3OS/c1-5-10-19-14(4)17-12-23-18(21-17)20-15-6-8-16(9-7-15)22-11-13(2)3/h6-9,12-14,19H,5,10-11H2,1-4H3,(H,20,21). The zero-order valence-corrected chi connectivity index (χ0v) is 15.2. The van der Waals surface area contributed by atoms with Gasteiger partial charge in [-0.3, -0.25) is 0 Å². The van der Waals surface area contributed by atoms with Crippen LogP contribution in [-0.4, -0.2) is 18.1 Å². The predicted molar refractivity (Wildman–Crippen MR) is 98.9 cm³/mol. The SMILES string of the molecule is CCCNC(C)c1csc(Nc2ccc(OCC(C)C)cc2)n1. The van der Waals surface area contributed by atoms with E-state index in [1.807, 2.05) is 24.3 Å². The van der Waals surface area contributed by atoms with Crippen LogP contribution in [0.3, 0.4) is 0 Å². The van der Waals surface area contributed by atoms with Gasteiger partial charge in [0.25, 0.3) is 0 Å². The molecule has 0 aliphatic carbocycles. The topological polar surface area (TPSA) is 46.2 Å². The normalized spacial score (nSPS) is 12.4. The number of hydrogen-bond donors (Lipinski definition) is 2. The summed E-state index contributed by atoms with van der Waals surface area (Å²) in [6.07, 6.45) is 1.13. The Morgan fingerprint density at radius 3 is 2.57 bits per heavy atom. The van der Waals surface area contributed by atoms with Gasteiger partial charge in [-0.2, -0.15) is 0 Å². The van der Waals surface area contributed by atoms with Gasteiger partial charge in [0, 0.05) is 17.1 Å². The van der Waals surface area contributed by atoms with Crippen LogP contribution in [0.25, 0.3) is 0 Å². The molecule has 23 heavy (non-hydrogen) atoms. The lowest BCUT2D eigenvalue weighted by atomic mass is 10.2. The third kappa shape index (κ3) is 5.84. The number of nitrogens with zero attached hydrogens (tertiary/aromatic N) is 1. The maximum absolute atomic E-state index is 5.70. The molecule has 2 rings (SSSR count). The molecule has 0 saturated carbocycles. The summed E-state index contributed by atoms with van der Waals surface area (Å²) in [4.78, 5) is 4.65. The van der Waals surface area contributed by atoms with Gasteiger partial charge in [0.15, 0.2) is 5.13 Å². The molecule has 126 valence electrons. The van der Waals surface area contributed by atoms with Crippen molar-refractivity contribution in [1.29, 1.82) is 0 Å². The van der Waals surface area contributed by atoms with Crippen molar-refractivity contribution in [3.63, 3.8) is 0 Å². The van der Waals surface area contributed by atoms with Crippen molar-refractivity contribution >= 4 is 22.2 Å². The zero-order valence-electron chi connectivity index (χ0n) is 14.4. The molecular weight excluding hydrogens is 306 g/mol. The summed E-state index contributed by atoms with van der Waals surface area (Å²) in [5.74, 6) is 1.44. The van der Waals surface area contributed by atoms with E-state index in [1.54, 1.807) is 11.3 Å². The van der Waals surface area contributed by atoms with E-state index in [0.29, 0.717) is 5.92 Å². The van der Waals surface area contributed by atoms with Gasteiger partial charge in [0.1, 0.15) is 5.75 Å². The highest BCUT2D eigenvalue weighted by atomic mass is 32.1. The van der Waals surface area contributed by atoms with Crippen LogP contribution < -0.4 is 15.4 Å². The maximum Gasteiger partial charge on any atom is 0.187 e. The third-order valence-corrected chi connectivity index (χ3v) is 4.13. The van der Waals surface area contributed by atoms with Gasteiger partial charge in [-0.1, -0.05) is 20.8 Å². The Balaban J connectivity index is 1.90. The van der Waals surface area contributed by atoms with Gasteiger partial charge < -0.3 is 15.4 Å². The van der Waals surface area contributed by atoms with Crippen molar-refractivity contribution in [3.8, 4) is 5.75 Å². The zero-order chi connectivity index (χ0) is 16.7. The smallest absolute Gasteiger partial charge is 0.187 e. The number of ether oxygens (including phenoxy) is 1. The first-order chi connectivity index (χ1) is 11.1. The summed E-state index contributed by atoms with van der Waals surface area (Å²) in [6.45, 7) is 10.4. The molecule has 1 atom stereocenters. The van der Waals surface area contributed by atoms with E-state index in [9.17, 15) is 0 Å². The summed E-state index contributed by atoms with van der Waals surface area (Å²) in [5.41, 5.74) is 2.11. The molecule has 1 aromatic carbocycles. The number of hydrogen-bond acceptors (Lipinski definition) is 5. The Bertz CT molecular complexity index is 580. The van der Waals surface area contributed by atoms with E-state index in [0.717, 1.165) is 41.8 Å². The molecule has 0 radical (unpaired) electrons. The highest BCUT2D eigenvalue weighted by Crippen LogP contribution is 2.25. The first-order valence-electron chi connectivity index (χ1n) is 8.27. The fraction of sp³-hybridized carbons (Fsp3) is 0.500. The van der Waals surface area contributed by atoms with Crippen molar-refractivity contribution in [1.82, 2.24) is 10.3 Å². The Hall–Kier alpha value is -1.59. The number of benzene rings is 1. The first-order valence-corrected chi connectivity index (χ1v) is 9.15. The summed E-state index contributed by atoms with van der Waals surface area (Å²) >= 11 is 1.63. The van der Waals surface area contributed by atoms with Gasteiger partial charge in [0.05, 0.1) is 12.3 Å². The van der Waals surface area contributed by atoms with Crippen molar-refractivity contribution in [2.45, 2.75) is 40.2 Å². The number of thiazole rings is 1. The Kier molecular flexibility index (Phi) is 6.86. The predicted octanol–water partition coefficient (Wildman–Crippen LogP) is 4.98. The van der Waals surface area contributed by atoms with Gasteiger partial charge in [-0.25, -0.2) is 4.98 Å². The molecule has 2 N–H and O–H groups in total. The molecule has 5 heteroatoms. The minimum absolute atomic E-state index is 0.286. The summed E-state index contributed by atoms with van der Waals surface area (Å²) in [5, 5.41) is 9.83. The van der Waals surface area contributed by atoms with E-state index >= 15 is 0 Å². The molecule has 1 aromatic heterocycles. The van der Waals surface area contributed by atoms with Gasteiger partial charge in [-0.15, -0.1) is 11.3 Å². The summed E-state index contributed by atoms with van der Waals surface area (Å²) in [6, 6.07) is 8.31. The van der Waals surface area contributed by atoms with Crippen LogP contribution in [-0.2, 0) is 0 Å². The fourth-order valence-corrected chi connectivity index (χ4v) is 2.85. The van der Waals surface area contributed by atoms with Crippen molar-refractivity contribution < 1.29 is 4.74 Å². The van der Waals surface area contributed by atoms with E-state index < -0.39 is 0 Å². The number of rotatable bonds is 9. The molecule has 0 spiro atoms. The minimum Gasteiger partial charge on any atom is -0.493 e. The van der Waals surface area contributed by atoms with Crippen LogP contribution in [0, 0.1) is 5.92 Å². The molecule has 0 saturated heterocycles. The van der Waals surface area contributed by atoms with Crippen molar-refractivity contribution in [2.24, 2.45) is 5.92 Å². The first kappa shape index (κ1) is 17.8. The molecule has 0 amide bonds. The minimum atomic E-state index is 0.286. The average molecular weight is 334 g/mol. The molecule has 1 heterocycles. The second kappa shape index (κ2) is 8.89. The van der Waals surface area contributed by atoms with E-state index in [1.165, 1.54) is 0 Å². The van der Waals surface area contributed by atoms with Gasteiger partial charge >= 0.3 is 0 Å². The summed E-state index contributed by atoms with van der Waals surface area (Å²) < 4.78 is 5.70. The van der Waals surface area contributed by atoms with Crippen LogP contribution in [0.5, 0.6) is 5.75 Å². The second-order valence-electron chi connectivity index (χ2n) is 6.11. The van der Waals surface area contributed by atoms with E-state index in [4.69, 9.17) is 4.74 Å². The molecule has 4 nitrogen and oxygen atoms in total. The summed E-state index contributed by atoms with van der Waals surface area (Å²) in [7, 11) is 0. The maximum atomic E-state index is 5.70. The second-order valence-corrected chi connectivity index (χ2v) is 6.97. The largest absolute Gasteiger partial charge is 0.493 e. The monoisotopic (exact) mass is 333 g/mol. The molecule has 0 aliphatic heterocycles. The molecule has 2 aromatic rings. The Morgan fingerprint density at radius 1 is 1.17 bits per heavy atom. The number of aromatic nitrogens is 1. The fourth-order valence-electron chi connectivity index (χ4n) is 2.03. The van der Waals surface area contributed by atoms with Gasteiger partial charge in [-0.05, 0) is 50.1 Å². The lowest BCUT2D eigenvalue weighted by Crippen LogP contribution is -2.19. The van der Waals surface area contributed by atoms with Crippen LogP contribution in [0.2, 0.25) is 0 Å². The van der Waals surface area contributed by atoms with E-state index in [-0.39, 0.29) is 6.04 Å². The molecule has 0 fully saturated rings. The highest BCUT2D eigenvalue weighted by Gasteiger charge is 2.09.